The summed E-state index contributed by atoms with van der Waals surface area (Å²) < 4.78 is 13.3. The molecule has 0 bridgehead atoms. The van der Waals surface area contributed by atoms with Gasteiger partial charge in [0.05, 0.1) is 12.1 Å². The van der Waals surface area contributed by atoms with Gasteiger partial charge in [-0.25, -0.2) is 4.39 Å². The highest BCUT2D eigenvalue weighted by Gasteiger charge is 2.12. The lowest BCUT2D eigenvalue weighted by molar-refractivity contribution is 0.102. The number of nitrogens with one attached hydrogen (secondary N) is 1. The normalized spacial score (nSPS) is 9.67. The van der Waals surface area contributed by atoms with Crippen LogP contribution in [0.2, 0.25) is 0 Å². The molecule has 4 heteroatoms. The molecule has 0 aliphatic carbocycles. The Morgan fingerprint density at radius 1 is 1.29 bits per heavy atom. The molecule has 0 atom stereocenters. The second kappa shape index (κ2) is 6.69. The van der Waals surface area contributed by atoms with E-state index in [1.165, 1.54) is 18.2 Å². The van der Waals surface area contributed by atoms with E-state index in [1.807, 2.05) is 31.2 Å². The first kappa shape index (κ1) is 14.8. The Labute approximate surface area is 123 Å². The Morgan fingerprint density at radius 2 is 2.05 bits per heavy atom. The van der Waals surface area contributed by atoms with Crippen LogP contribution in [0.25, 0.3) is 0 Å². The minimum absolute atomic E-state index is 0.148. The van der Waals surface area contributed by atoms with E-state index >= 15 is 0 Å². The lowest BCUT2D eigenvalue weighted by atomic mass is 10.1. The first-order valence-electron chi connectivity index (χ1n) is 6.47. The Balaban J connectivity index is 2.33. The van der Waals surface area contributed by atoms with Crippen LogP contribution in [0.5, 0.6) is 0 Å². The molecule has 2 aromatic carbocycles. The second-order valence-corrected chi connectivity index (χ2v) is 4.46. The van der Waals surface area contributed by atoms with E-state index in [2.05, 4.69) is 17.2 Å². The van der Waals surface area contributed by atoms with Crippen molar-refractivity contribution in [2.75, 3.05) is 11.9 Å². The standard InChI is InChI=1S/C17H15FN2O/c1-12-5-2-3-7-16(12)20-17(21)15-9-8-14(18)11-13(15)6-4-10-19/h2-3,5,7-9,11H,10,19H2,1H3,(H,20,21). The molecule has 0 aromatic heterocycles. The van der Waals surface area contributed by atoms with Crippen LogP contribution >= 0.6 is 0 Å². The number of rotatable bonds is 2. The highest BCUT2D eigenvalue weighted by Crippen LogP contribution is 2.17. The van der Waals surface area contributed by atoms with E-state index in [1.54, 1.807) is 0 Å². The van der Waals surface area contributed by atoms with Gasteiger partial charge in [-0.2, -0.15) is 0 Å². The summed E-state index contributed by atoms with van der Waals surface area (Å²) in [6, 6.07) is 11.3. The minimum atomic E-state index is -0.441. The van der Waals surface area contributed by atoms with Crippen molar-refractivity contribution in [2.45, 2.75) is 6.92 Å². The Morgan fingerprint density at radius 3 is 2.76 bits per heavy atom. The molecule has 0 heterocycles. The van der Waals surface area contributed by atoms with Crippen molar-refractivity contribution in [1.29, 1.82) is 0 Å². The molecule has 0 aliphatic heterocycles. The molecule has 21 heavy (non-hydrogen) atoms. The minimum Gasteiger partial charge on any atom is -0.322 e. The lowest BCUT2D eigenvalue weighted by Gasteiger charge is -2.09. The third kappa shape index (κ3) is 3.68. The first-order valence-corrected chi connectivity index (χ1v) is 6.47. The fourth-order valence-corrected chi connectivity index (χ4v) is 1.87. The molecule has 0 saturated heterocycles. The topological polar surface area (TPSA) is 55.1 Å². The summed E-state index contributed by atoms with van der Waals surface area (Å²) in [5.74, 6) is 4.58. The number of carbonyl (C=O) groups is 1. The molecule has 0 spiro atoms. The summed E-state index contributed by atoms with van der Waals surface area (Å²) in [4.78, 5) is 12.3. The molecule has 0 radical (unpaired) electrons. The predicted molar refractivity (Wildman–Crippen MR) is 81.5 cm³/mol. The molecule has 0 saturated carbocycles. The van der Waals surface area contributed by atoms with Crippen LogP contribution in [0.15, 0.2) is 42.5 Å². The average molecular weight is 282 g/mol. The number of para-hydroxylation sites is 1. The largest absolute Gasteiger partial charge is 0.322 e. The zero-order valence-electron chi connectivity index (χ0n) is 11.6. The number of hydrogen-bond acceptors (Lipinski definition) is 2. The van der Waals surface area contributed by atoms with Crippen LogP contribution in [0.1, 0.15) is 21.5 Å². The number of amides is 1. The third-order valence-electron chi connectivity index (χ3n) is 2.94. The molecule has 3 N–H and O–H groups in total. The van der Waals surface area contributed by atoms with Crippen LogP contribution in [0.3, 0.4) is 0 Å². The molecule has 2 rings (SSSR count). The number of aryl methyl sites for hydroxylation is 1. The molecule has 0 unspecified atom stereocenters. The van der Waals surface area contributed by atoms with Gasteiger partial charge in [-0.3, -0.25) is 4.79 Å². The molecule has 3 nitrogen and oxygen atoms in total. The van der Waals surface area contributed by atoms with E-state index in [0.29, 0.717) is 16.8 Å². The smallest absolute Gasteiger partial charge is 0.256 e. The van der Waals surface area contributed by atoms with Crippen molar-refractivity contribution in [3.63, 3.8) is 0 Å². The second-order valence-electron chi connectivity index (χ2n) is 4.46. The van der Waals surface area contributed by atoms with E-state index < -0.39 is 5.82 Å². The van der Waals surface area contributed by atoms with Crippen molar-refractivity contribution in [3.8, 4) is 11.8 Å². The highest BCUT2D eigenvalue weighted by molar-refractivity contribution is 6.06. The van der Waals surface area contributed by atoms with Gasteiger partial charge in [0.1, 0.15) is 5.82 Å². The van der Waals surface area contributed by atoms with Crippen LogP contribution in [0, 0.1) is 24.6 Å². The van der Waals surface area contributed by atoms with Crippen molar-refractivity contribution >= 4 is 11.6 Å². The van der Waals surface area contributed by atoms with Gasteiger partial charge < -0.3 is 11.1 Å². The maximum Gasteiger partial charge on any atom is 0.256 e. The number of carbonyl (C=O) groups excluding carboxylic acids is 1. The molecular formula is C17H15FN2O. The Hall–Kier alpha value is -2.64. The van der Waals surface area contributed by atoms with Gasteiger partial charge in [0, 0.05) is 11.3 Å². The summed E-state index contributed by atoms with van der Waals surface area (Å²) in [7, 11) is 0. The van der Waals surface area contributed by atoms with E-state index in [4.69, 9.17) is 5.73 Å². The van der Waals surface area contributed by atoms with Gasteiger partial charge in [0.25, 0.3) is 5.91 Å². The van der Waals surface area contributed by atoms with Crippen LogP contribution in [0.4, 0.5) is 10.1 Å². The molecule has 106 valence electrons. The van der Waals surface area contributed by atoms with Gasteiger partial charge >= 0.3 is 0 Å². The van der Waals surface area contributed by atoms with Gasteiger partial charge in [0.2, 0.25) is 0 Å². The third-order valence-corrected chi connectivity index (χ3v) is 2.94. The van der Waals surface area contributed by atoms with Gasteiger partial charge in [-0.1, -0.05) is 30.0 Å². The van der Waals surface area contributed by atoms with Crippen LogP contribution < -0.4 is 11.1 Å². The van der Waals surface area contributed by atoms with Gasteiger partial charge in [-0.15, -0.1) is 0 Å². The summed E-state index contributed by atoms with van der Waals surface area (Å²) in [6.07, 6.45) is 0. The SMILES string of the molecule is Cc1ccccc1NC(=O)c1ccc(F)cc1C#CCN. The summed E-state index contributed by atoms with van der Waals surface area (Å²) in [6.45, 7) is 2.05. The van der Waals surface area contributed by atoms with E-state index in [0.717, 1.165) is 5.56 Å². The first-order chi connectivity index (χ1) is 10.1. The van der Waals surface area contributed by atoms with Crippen molar-refractivity contribution in [1.82, 2.24) is 0 Å². The van der Waals surface area contributed by atoms with Crippen molar-refractivity contribution in [2.24, 2.45) is 5.73 Å². The van der Waals surface area contributed by atoms with Crippen LogP contribution in [-0.2, 0) is 0 Å². The predicted octanol–water partition coefficient (Wildman–Crippen LogP) is 2.70. The number of benzene rings is 2. The average Bonchev–Trinajstić information content (AvgIpc) is 2.47. The molecule has 0 fully saturated rings. The monoisotopic (exact) mass is 282 g/mol. The zero-order valence-corrected chi connectivity index (χ0v) is 11.6. The van der Waals surface area contributed by atoms with Gasteiger partial charge in [0.15, 0.2) is 0 Å². The molecule has 2 aromatic rings. The maximum atomic E-state index is 13.3. The molecular weight excluding hydrogens is 267 g/mol. The fraction of sp³-hybridized carbons (Fsp3) is 0.118. The lowest BCUT2D eigenvalue weighted by Crippen LogP contribution is -2.14. The number of halogens is 1. The van der Waals surface area contributed by atoms with E-state index in [9.17, 15) is 9.18 Å². The number of hydrogen-bond donors (Lipinski definition) is 2. The molecule has 1 amide bonds. The Kier molecular flexibility index (Phi) is 4.70. The fourth-order valence-electron chi connectivity index (χ4n) is 1.87. The Bertz CT molecular complexity index is 729. The van der Waals surface area contributed by atoms with E-state index in [-0.39, 0.29) is 12.5 Å². The maximum absolute atomic E-state index is 13.3. The zero-order chi connectivity index (χ0) is 15.2. The van der Waals surface area contributed by atoms with Crippen molar-refractivity contribution < 1.29 is 9.18 Å². The highest BCUT2D eigenvalue weighted by atomic mass is 19.1. The summed E-state index contributed by atoms with van der Waals surface area (Å²) in [5.41, 5.74) is 7.62. The van der Waals surface area contributed by atoms with Gasteiger partial charge in [-0.05, 0) is 36.8 Å². The summed E-state index contributed by atoms with van der Waals surface area (Å²) in [5, 5.41) is 2.80. The quantitative estimate of drug-likeness (QED) is 0.832. The number of nitrogens with two attached hydrogens (primary N) is 1. The number of anilines is 1. The van der Waals surface area contributed by atoms with Crippen molar-refractivity contribution in [3.05, 3.63) is 65.0 Å². The summed E-state index contributed by atoms with van der Waals surface area (Å²) >= 11 is 0. The molecule has 0 aliphatic rings. The van der Waals surface area contributed by atoms with Crippen LogP contribution in [-0.4, -0.2) is 12.5 Å².